The van der Waals surface area contributed by atoms with Crippen LogP contribution in [0.25, 0.3) is 16.8 Å². The van der Waals surface area contributed by atoms with Gasteiger partial charge < -0.3 is 10.3 Å². The van der Waals surface area contributed by atoms with Gasteiger partial charge in [0.05, 0.1) is 18.6 Å². The zero-order chi connectivity index (χ0) is 20.3. The molecule has 0 aliphatic rings. The van der Waals surface area contributed by atoms with Gasteiger partial charge in [0.2, 0.25) is 0 Å². The highest BCUT2D eigenvalue weighted by atomic mass is 19.1. The summed E-state index contributed by atoms with van der Waals surface area (Å²) in [5, 5.41) is 4.04. The second-order valence-electron chi connectivity index (χ2n) is 6.72. The van der Waals surface area contributed by atoms with Crippen LogP contribution in [0.3, 0.4) is 0 Å². The lowest BCUT2D eigenvalue weighted by Gasteiger charge is -2.12. The maximum Gasteiger partial charge on any atom is 0.350 e. The van der Waals surface area contributed by atoms with Crippen LogP contribution in [0, 0.1) is 0 Å². The zero-order valence-electron chi connectivity index (χ0n) is 15.7. The van der Waals surface area contributed by atoms with Crippen LogP contribution in [0.15, 0.2) is 70.4 Å². The van der Waals surface area contributed by atoms with Gasteiger partial charge in [-0.15, -0.1) is 0 Å². The number of rotatable bonds is 6. The summed E-state index contributed by atoms with van der Waals surface area (Å²) in [6, 6.07) is 10.7. The van der Waals surface area contributed by atoms with E-state index >= 15 is 0 Å². The number of hydrogen-bond donors (Lipinski definition) is 1. The summed E-state index contributed by atoms with van der Waals surface area (Å²) in [4.78, 5) is 24.6. The van der Waals surface area contributed by atoms with Crippen LogP contribution in [-0.2, 0) is 6.54 Å². The van der Waals surface area contributed by atoms with Gasteiger partial charge in [-0.25, -0.2) is 18.4 Å². The van der Waals surface area contributed by atoms with Crippen molar-refractivity contribution in [2.45, 2.75) is 26.4 Å². The molecule has 0 aliphatic carbocycles. The summed E-state index contributed by atoms with van der Waals surface area (Å²) < 4.78 is 16.9. The minimum absolute atomic E-state index is 0.00211. The summed E-state index contributed by atoms with van der Waals surface area (Å²) in [6.45, 7) is 3.89. The molecular formula is C20H22FN5O2. The number of aromatic nitrogens is 4. The second-order valence-corrected chi connectivity index (χ2v) is 6.72. The van der Waals surface area contributed by atoms with Gasteiger partial charge >= 0.3 is 5.69 Å². The maximum absolute atomic E-state index is 12.7. The Labute approximate surface area is 161 Å². The van der Waals surface area contributed by atoms with E-state index in [1.54, 1.807) is 22.9 Å². The van der Waals surface area contributed by atoms with Crippen LogP contribution < -0.4 is 17.0 Å². The third kappa shape index (κ3) is 3.86. The molecule has 0 radical (unpaired) electrons. The fourth-order valence-electron chi connectivity index (χ4n) is 2.87. The van der Waals surface area contributed by atoms with Gasteiger partial charge in [0.25, 0.3) is 5.56 Å². The molecule has 7 nitrogen and oxygen atoms in total. The number of pyridine rings is 1. The predicted molar refractivity (Wildman–Crippen MR) is 106 cm³/mol. The second kappa shape index (κ2) is 8.18. The normalized spacial score (nSPS) is 12.0. The van der Waals surface area contributed by atoms with Gasteiger partial charge in [-0.2, -0.15) is 5.10 Å². The highest BCUT2D eigenvalue weighted by Crippen LogP contribution is 2.21. The van der Waals surface area contributed by atoms with Crippen LogP contribution in [-0.4, -0.2) is 25.5 Å². The SMILES string of the molecule is CC(C)n1cc(-c2cccc(-n3cnn(C/C(=C/F)CN)c3=O)c2)ccc1=O. The van der Waals surface area contributed by atoms with Crippen molar-refractivity contribution in [2.75, 3.05) is 6.54 Å². The Bertz CT molecular complexity index is 1120. The molecule has 1 aromatic carbocycles. The molecule has 0 aliphatic heterocycles. The molecule has 2 heterocycles. The van der Waals surface area contributed by atoms with Crippen LogP contribution in [0.4, 0.5) is 4.39 Å². The van der Waals surface area contributed by atoms with Gasteiger partial charge in [-0.3, -0.25) is 4.79 Å². The van der Waals surface area contributed by atoms with Crippen molar-refractivity contribution >= 4 is 0 Å². The van der Waals surface area contributed by atoms with E-state index in [0.29, 0.717) is 12.0 Å². The Morgan fingerprint density at radius 2 is 2.00 bits per heavy atom. The van der Waals surface area contributed by atoms with E-state index in [0.717, 1.165) is 15.8 Å². The monoisotopic (exact) mass is 383 g/mol. The van der Waals surface area contributed by atoms with Crippen molar-refractivity contribution in [3.63, 3.8) is 0 Å². The Morgan fingerprint density at radius 3 is 2.68 bits per heavy atom. The van der Waals surface area contributed by atoms with E-state index in [-0.39, 0.29) is 30.3 Å². The lowest BCUT2D eigenvalue weighted by Crippen LogP contribution is -2.26. The molecule has 28 heavy (non-hydrogen) atoms. The maximum atomic E-state index is 12.7. The molecule has 2 aromatic heterocycles. The Kier molecular flexibility index (Phi) is 5.70. The summed E-state index contributed by atoms with van der Waals surface area (Å²) in [6.07, 6.45) is 3.59. The fourth-order valence-corrected chi connectivity index (χ4v) is 2.87. The third-order valence-corrected chi connectivity index (χ3v) is 4.45. The average Bonchev–Trinajstić information content (AvgIpc) is 3.06. The molecule has 2 N–H and O–H groups in total. The molecule has 0 bridgehead atoms. The first-order chi connectivity index (χ1) is 13.4. The van der Waals surface area contributed by atoms with Crippen molar-refractivity contribution in [3.05, 3.63) is 81.7 Å². The highest BCUT2D eigenvalue weighted by Gasteiger charge is 2.10. The molecule has 0 saturated carbocycles. The molecular weight excluding hydrogens is 361 g/mol. The number of halogens is 1. The van der Waals surface area contributed by atoms with Crippen LogP contribution in [0.5, 0.6) is 0 Å². The first kappa shape index (κ1) is 19.5. The first-order valence-electron chi connectivity index (χ1n) is 8.90. The Balaban J connectivity index is 1.99. The van der Waals surface area contributed by atoms with E-state index in [9.17, 15) is 14.0 Å². The fraction of sp³-hybridized carbons (Fsp3) is 0.250. The number of hydrogen-bond acceptors (Lipinski definition) is 4. The van der Waals surface area contributed by atoms with E-state index < -0.39 is 5.69 Å². The molecule has 146 valence electrons. The molecule has 3 rings (SSSR count). The number of benzene rings is 1. The number of nitrogens with two attached hydrogens (primary N) is 1. The van der Waals surface area contributed by atoms with E-state index in [4.69, 9.17) is 5.73 Å². The van der Waals surface area contributed by atoms with Crippen LogP contribution >= 0.6 is 0 Å². The number of nitrogens with zero attached hydrogens (tertiary/aromatic N) is 4. The molecule has 0 fully saturated rings. The lowest BCUT2D eigenvalue weighted by atomic mass is 10.1. The van der Waals surface area contributed by atoms with Crippen molar-refractivity contribution < 1.29 is 4.39 Å². The highest BCUT2D eigenvalue weighted by molar-refractivity contribution is 5.65. The largest absolute Gasteiger partial charge is 0.350 e. The first-order valence-corrected chi connectivity index (χ1v) is 8.90. The van der Waals surface area contributed by atoms with Crippen molar-refractivity contribution in [1.29, 1.82) is 0 Å². The quantitative estimate of drug-likeness (QED) is 0.707. The molecule has 8 heteroatoms. The molecule has 0 spiro atoms. The third-order valence-electron chi connectivity index (χ3n) is 4.45. The minimum atomic E-state index is -0.392. The minimum Gasteiger partial charge on any atom is -0.327 e. The topological polar surface area (TPSA) is 87.8 Å². The van der Waals surface area contributed by atoms with Gasteiger partial charge in [0.1, 0.15) is 6.33 Å². The van der Waals surface area contributed by atoms with E-state index in [1.807, 2.05) is 32.0 Å². The average molecular weight is 383 g/mol. The summed E-state index contributed by atoms with van der Waals surface area (Å²) >= 11 is 0. The van der Waals surface area contributed by atoms with Crippen LogP contribution in [0.1, 0.15) is 19.9 Å². The Hall–Kier alpha value is -3.26. The van der Waals surface area contributed by atoms with Crippen molar-refractivity contribution in [2.24, 2.45) is 5.73 Å². The molecule has 0 saturated heterocycles. The van der Waals surface area contributed by atoms with Gasteiger partial charge in [-0.05, 0) is 48.7 Å². The van der Waals surface area contributed by atoms with Gasteiger partial charge in [-0.1, -0.05) is 12.1 Å². The Morgan fingerprint density at radius 1 is 1.21 bits per heavy atom. The van der Waals surface area contributed by atoms with Gasteiger partial charge in [0, 0.05) is 24.8 Å². The molecule has 0 atom stereocenters. The van der Waals surface area contributed by atoms with Crippen molar-refractivity contribution in [1.82, 2.24) is 18.9 Å². The standard InChI is InChI=1S/C20H22FN5O2/c1-14(2)24-12-17(6-7-19(24)27)16-4-3-5-18(8-16)25-13-23-26(20(25)28)11-15(9-21)10-22/h3-9,12-14H,10-11,22H2,1-2H3/b15-9+. The summed E-state index contributed by atoms with van der Waals surface area (Å²) in [5.74, 6) is 0. The van der Waals surface area contributed by atoms with E-state index in [2.05, 4.69) is 5.10 Å². The summed E-state index contributed by atoms with van der Waals surface area (Å²) in [5.41, 5.74) is 7.60. The van der Waals surface area contributed by atoms with Gasteiger partial charge in [0.15, 0.2) is 0 Å². The molecule has 0 unspecified atom stereocenters. The molecule has 0 amide bonds. The molecule has 3 aromatic rings. The van der Waals surface area contributed by atoms with Crippen molar-refractivity contribution in [3.8, 4) is 16.8 Å². The van der Waals surface area contributed by atoms with Crippen LogP contribution in [0.2, 0.25) is 0 Å². The van der Waals surface area contributed by atoms with E-state index in [1.165, 1.54) is 17.0 Å². The predicted octanol–water partition coefficient (Wildman–Crippen LogP) is 2.26. The summed E-state index contributed by atoms with van der Waals surface area (Å²) in [7, 11) is 0. The lowest BCUT2D eigenvalue weighted by molar-refractivity contribution is 0.579. The smallest absolute Gasteiger partial charge is 0.327 e. The zero-order valence-corrected chi connectivity index (χ0v) is 15.7.